The largest absolute Gasteiger partial charge is 0.493 e. The molecule has 2 aromatic rings. The molecule has 0 fully saturated rings. The summed E-state index contributed by atoms with van der Waals surface area (Å²) in [6, 6.07) is 12.8. The molecule has 1 aliphatic heterocycles. The highest BCUT2D eigenvalue weighted by Crippen LogP contribution is 2.28. The van der Waals surface area contributed by atoms with Crippen LogP contribution in [0, 0.1) is 6.92 Å². The van der Waals surface area contributed by atoms with Gasteiger partial charge in [0, 0.05) is 23.1 Å². The fourth-order valence-corrected chi connectivity index (χ4v) is 2.67. The molecule has 0 bridgehead atoms. The first kappa shape index (κ1) is 12.5. The van der Waals surface area contributed by atoms with Gasteiger partial charge in [0.2, 0.25) is 0 Å². The van der Waals surface area contributed by atoms with Gasteiger partial charge in [-0.15, -0.1) is 0 Å². The van der Waals surface area contributed by atoms with E-state index in [2.05, 4.69) is 64.6 Å². The summed E-state index contributed by atoms with van der Waals surface area (Å²) >= 11 is 3.57. The molecule has 98 valence electrons. The van der Waals surface area contributed by atoms with Crippen molar-refractivity contribution in [3.05, 3.63) is 57.6 Å². The highest BCUT2D eigenvalue weighted by molar-refractivity contribution is 9.10. The number of hydrogen-bond donors (Lipinski definition) is 1. The molecule has 1 heterocycles. The fourth-order valence-electron chi connectivity index (χ4n) is 2.25. The summed E-state index contributed by atoms with van der Waals surface area (Å²) in [4.78, 5) is 0. The fraction of sp³-hybridized carbons (Fsp3) is 0.250. The van der Waals surface area contributed by atoms with Crippen LogP contribution in [0.25, 0.3) is 0 Å². The Labute approximate surface area is 121 Å². The minimum atomic E-state index is 0.809. The smallest absolute Gasteiger partial charge is 0.122 e. The van der Waals surface area contributed by atoms with Crippen molar-refractivity contribution in [2.24, 2.45) is 0 Å². The van der Waals surface area contributed by atoms with E-state index in [0.717, 1.165) is 35.5 Å². The Morgan fingerprint density at radius 2 is 2.11 bits per heavy atom. The maximum absolute atomic E-state index is 5.51. The maximum Gasteiger partial charge on any atom is 0.122 e. The molecule has 0 aliphatic carbocycles. The molecule has 2 nitrogen and oxygen atoms in total. The van der Waals surface area contributed by atoms with Crippen molar-refractivity contribution in [3.8, 4) is 5.75 Å². The first-order valence-corrected chi connectivity index (χ1v) is 7.26. The molecule has 1 aliphatic rings. The zero-order valence-corrected chi connectivity index (χ0v) is 12.5. The second-order valence-corrected chi connectivity index (χ2v) is 5.71. The third-order valence-corrected chi connectivity index (χ3v) is 4.28. The normalized spacial score (nSPS) is 12.9. The van der Waals surface area contributed by atoms with Gasteiger partial charge in [0.05, 0.1) is 6.61 Å². The van der Waals surface area contributed by atoms with Gasteiger partial charge in [-0.1, -0.05) is 28.1 Å². The molecule has 3 rings (SSSR count). The Bertz CT molecular complexity index is 610. The van der Waals surface area contributed by atoms with E-state index in [0.29, 0.717) is 0 Å². The molecular formula is C16H16BrNO. The summed E-state index contributed by atoms with van der Waals surface area (Å²) in [5.74, 6) is 1.03. The topological polar surface area (TPSA) is 21.3 Å². The van der Waals surface area contributed by atoms with Crippen LogP contribution in [0.2, 0.25) is 0 Å². The molecule has 0 spiro atoms. The van der Waals surface area contributed by atoms with Crippen molar-refractivity contribution in [2.75, 3.05) is 11.9 Å². The quantitative estimate of drug-likeness (QED) is 0.911. The highest BCUT2D eigenvalue weighted by atomic mass is 79.9. The lowest BCUT2D eigenvalue weighted by Crippen LogP contribution is -1.99. The summed E-state index contributed by atoms with van der Waals surface area (Å²) in [6.45, 7) is 3.74. The summed E-state index contributed by atoms with van der Waals surface area (Å²) in [7, 11) is 0. The number of nitrogens with one attached hydrogen (secondary N) is 1. The SMILES string of the molecule is Cc1ccc(CNc2ccc3c(c2)CCO3)cc1Br. The number of hydrogen-bond acceptors (Lipinski definition) is 2. The van der Waals surface area contributed by atoms with E-state index in [4.69, 9.17) is 4.74 Å². The molecular weight excluding hydrogens is 302 g/mol. The molecule has 3 heteroatoms. The molecule has 2 aromatic carbocycles. The Morgan fingerprint density at radius 1 is 1.21 bits per heavy atom. The summed E-state index contributed by atoms with van der Waals surface area (Å²) in [5, 5.41) is 3.46. The zero-order chi connectivity index (χ0) is 13.2. The summed E-state index contributed by atoms with van der Waals surface area (Å²) < 4.78 is 6.67. The van der Waals surface area contributed by atoms with Gasteiger partial charge < -0.3 is 10.1 Å². The van der Waals surface area contributed by atoms with E-state index >= 15 is 0 Å². The molecule has 0 saturated heterocycles. The van der Waals surface area contributed by atoms with Crippen LogP contribution in [0.3, 0.4) is 0 Å². The zero-order valence-electron chi connectivity index (χ0n) is 10.9. The number of aryl methyl sites for hydroxylation is 1. The van der Waals surface area contributed by atoms with Crippen molar-refractivity contribution in [3.63, 3.8) is 0 Å². The third kappa shape index (κ3) is 2.76. The number of fused-ring (bicyclic) bond motifs is 1. The van der Waals surface area contributed by atoms with Gasteiger partial charge in [-0.05, 0) is 47.9 Å². The van der Waals surface area contributed by atoms with Crippen molar-refractivity contribution >= 4 is 21.6 Å². The van der Waals surface area contributed by atoms with Crippen LogP contribution >= 0.6 is 15.9 Å². The number of ether oxygens (including phenoxy) is 1. The van der Waals surface area contributed by atoms with Crippen LogP contribution in [-0.4, -0.2) is 6.61 Å². The lowest BCUT2D eigenvalue weighted by Gasteiger charge is -2.09. The summed E-state index contributed by atoms with van der Waals surface area (Å²) in [6.07, 6.45) is 1.01. The van der Waals surface area contributed by atoms with Crippen molar-refractivity contribution < 1.29 is 4.74 Å². The molecule has 0 saturated carbocycles. The van der Waals surface area contributed by atoms with Gasteiger partial charge in [-0.2, -0.15) is 0 Å². The van der Waals surface area contributed by atoms with E-state index in [1.807, 2.05) is 0 Å². The van der Waals surface area contributed by atoms with Crippen molar-refractivity contribution in [1.29, 1.82) is 0 Å². The van der Waals surface area contributed by atoms with Crippen LogP contribution in [-0.2, 0) is 13.0 Å². The van der Waals surface area contributed by atoms with Gasteiger partial charge in [0.1, 0.15) is 5.75 Å². The minimum Gasteiger partial charge on any atom is -0.493 e. The van der Waals surface area contributed by atoms with Gasteiger partial charge in [-0.25, -0.2) is 0 Å². The van der Waals surface area contributed by atoms with Crippen LogP contribution in [0.1, 0.15) is 16.7 Å². The van der Waals surface area contributed by atoms with Crippen LogP contribution in [0.15, 0.2) is 40.9 Å². The van der Waals surface area contributed by atoms with E-state index in [9.17, 15) is 0 Å². The van der Waals surface area contributed by atoms with Crippen LogP contribution < -0.4 is 10.1 Å². The average molecular weight is 318 g/mol. The van der Waals surface area contributed by atoms with Gasteiger partial charge in [0.15, 0.2) is 0 Å². The Kier molecular flexibility index (Phi) is 3.47. The number of benzene rings is 2. The van der Waals surface area contributed by atoms with Crippen LogP contribution in [0.5, 0.6) is 5.75 Å². The molecule has 0 unspecified atom stereocenters. The van der Waals surface area contributed by atoms with E-state index < -0.39 is 0 Å². The molecule has 0 amide bonds. The van der Waals surface area contributed by atoms with Gasteiger partial charge in [0.25, 0.3) is 0 Å². The Morgan fingerprint density at radius 3 is 2.95 bits per heavy atom. The number of halogens is 1. The lowest BCUT2D eigenvalue weighted by molar-refractivity contribution is 0.357. The third-order valence-electron chi connectivity index (χ3n) is 3.42. The predicted molar refractivity (Wildman–Crippen MR) is 81.8 cm³/mol. The van der Waals surface area contributed by atoms with Crippen molar-refractivity contribution in [1.82, 2.24) is 0 Å². The maximum atomic E-state index is 5.51. The molecule has 1 N–H and O–H groups in total. The highest BCUT2D eigenvalue weighted by Gasteiger charge is 2.11. The second kappa shape index (κ2) is 5.25. The minimum absolute atomic E-state index is 0.809. The second-order valence-electron chi connectivity index (χ2n) is 4.86. The average Bonchev–Trinajstić information content (AvgIpc) is 2.87. The summed E-state index contributed by atoms with van der Waals surface area (Å²) in [5.41, 5.74) is 4.99. The van der Waals surface area contributed by atoms with E-state index in [1.54, 1.807) is 0 Å². The monoisotopic (exact) mass is 317 g/mol. The van der Waals surface area contributed by atoms with E-state index in [1.165, 1.54) is 16.7 Å². The van der Waals surface area contributed by atoms with Crippen molar-refractivity contribution in [2.45, 2.75) is 19.9 Å². The lowest BCUT2D eigenvalue weighted by atomic mass is 10.1. The molecule has 19 heavy (non-hydrogen) atoms. The first-order chi connectivity index (χ1) is 9.22. The molecule has 0 radical (unpaired) electrons. The molecule has 0 aromatic heterocycles. The number of anilines is 1. The van der Waals surface area contributed by atoms with Gasteiger partial charge >= 0.3 is 0 Å². The standard InChI is InChI=1S/C16H16BrNO/c1-11-2-3-12(8-15(11)17)10-18-14-4-5-16-13(9-14)6-7-19-16/h2-5,8-9,18H,6-7,10H2,1H3. The van der Waals surface area contributed by atoms with E-state index in [-0.39, 0.29) is 0 Å². The number of rotatable bonds is 3. The Hall–Kier alpha value is -1.48. The molecule has 0 atom stereocenters. The van der Waals surface area contributed by atoms with Gasteiger partial charge in [-0.3, -0.25) is 0 Å². The predicted octanol–water partition coefficient (Wildman–Crippen LogP) is 4.30. The van der Waals surface area contributed by atoms with Crippen LogP contribution in [0.4, 0.5) is 5.69 Å². The first-order valence-electron chi connectivity index (χ1n) is 6.47. The Balaban J connectivity index is 1.70.